The van der Waals surface area contributed by atoms with Gasteiger partial charge in [0.2, 0.25) is 5.91 Å². The highest BCUT2D eigenvalue weighted by Crippen LogP contribution is 2.38. The Morgan fingerprint density at radius 3 is 1.25 bits per heavy atom. The topological polar surface area (TPSA) is 108 Å². The molecular formula is C51H103N2O6P. The minimum absolute atomic E-state index is 0.00200. The Morgan fingerprint density at radius 2 is 0.900 bits per heavy atom. The highest BCUT2D eigenvalue weighted by molar-refractivity contribution is 7.45. The molecule has 0 aliphatic carbocycles. The van der Waals surface area contributed by atoms with E-state index in [9.17, 15) is 19.4 Å². The van der Waals surface area contributed by atoms with Gasteiger partial charge in [0.05, 0.1) is 39.9 Å². The van der Waals surface area contributed by atoms with Crippen molar-refractivity contribution in [2.75, 3.05) is 40.9 Å². The lowest BCUT2D eigenvalue weighted by Gasteiger charge is -2.29. The van der Waals surface area contributed by atoms with Gasteiger partial charge in [-0.1, -0.05) is 244 Å². The van der Waals surface area contributed by atoms with Gasteiger partial charge in [-0.15, -0.1) is 0 Å². The largest absolute Gasteiger partial charge is 0.756 e. The van der Waals surface area contributed by atoms with Gasteiger partial charge in [-0.3, -0.25) is 9.36 Å². The van der Waals surface area contributed by atoms with Gasteiger partial charge in [0.25, 0.3) is 7.82 Å². The Hall–Kier alpha value is -0.760. The minimum Gasteiger partial charge on any atom is -0.756 e. The zero-order valence-corrected chi connectivity index (χ0v) is 41.6. The van der Waals surface area contributed by atoms with E-state index in [0.717, 1.165) is 38.5 Å². The molecule has 0 heterocycles. The van der Waals surface area contributed by atoms with Crippen LogP contribution in [0.1, 0.15) is 258 Å². The van der Waals surface area contributed by atoms with Gasteiger partial charge < -0.3 is 28.8 Å². The molecule has 60 heavy (non-hydrogen) atoms. The number of phosphoric ester groups is 1. The summed E-state index contributed by atoms with van der Waals surface area (Å²) in [5, 5.41) is 13.8. The van der Waals surface area contributed by atoms with Crippen molar-refractivity contribution in [2.45, 2.75) is 270 Å². The number of nitrogens with zero attached hydrogens (tertiary/aromatic N) is 1. The Morgan fingerprint density at radius 1 is 0.567 bits per heavy atom. The number of allylic oxidation sites excluding steroid dienone is 1. The summed E-state index contributed by atoms with van der Waals surface area (Å²) in [5.74, 6) is -0.194. The molecule has 2 N–H and O–H groups in total. The first-order valence-electron chi connectivity index (χ1n) is 26.1. The molecule has 3 atom stereocenters. The molecular weight excluding hydrogens is 768 g/mol. The minimum atomic E-state index is -4.58. The van der Waals surface area contributed by atoms with Crippen LogP contribution in [0.25, 0.3) is 0 Å². The monoisotopic (exact) mass is 871 g/mol. The first kappa shape index (κ1) is 59.2. The van der Waals surface area contributed by atoms with E-state index in [1.807, 2.05) is 27.2 Å². The molecule has 0 radical (unpaired) electrons. The van der Waals surface area contributed by atoms with Gasteiger partial charge in [-0.25, -0.2) is 0 Å². The lowest BCUT2D eigenvalue weighted by atomic mass is 10.0. The summed E-state index contributed by atoms with van der Waals surface area (Å²) in [6.07, 6.45) is 51.5. The molecule has 358 valence electrons. The molecule has 0 spiro atoms. The standard InChI is InChI=1S/C51H103N2O6P/c1-6-8-10-12-14-16-18-19-20-21-22-23-24-25-26-27-28-29-30-31-32-33-34-35-37-39-41-43-45-51(55)52-49(48-59-60(56,57)58-47-46-53(3,4)5)50(54)44-42-40-38-36-17-15-13-11-9-7-2/h42,44,49-50,54H,6-41,43,45-48H2,1-5H3,(H-,52,55,56,57)/b44-42+. The van der Waals surface area contributed by atoms with Crippen LogP contribution in [0.4, 0.5) is 0 Å². The zero-order chi connectivity index (χ0) is 44.3. The molecule has 1 amide bonds. The van der Waals surface area contributed by atoms with Gasteiger partial charge in [0.1, 0.15) is 13.2 Å². The number of nitrogens with one attached hydrogen (secondary N) is 1. The van der Waals surface area contributed by atoms with Crippen LogP contribution in [-0.4, -0.2) is 68.5 Å². The maximum absolute atomic E-state index is 12.9. The van der Waals surface area contributed by atoms with Crippen molar-refractivity contribution in [3.05, 3.63) is 12.2 Å². The zero-order valence-electron chi connectivity index (χ0n) is 40.7. The third-order valence-electron chi connectivity index (χ3n) is 12.0. The van der Waals surface area contributed by atoms with E-state index in [0.29, 0.717) is 17.4 Å². The van der Waals surface area contributed by atoms with Gasteiger partial charge in [-0.05, 0) is 19.3 Å². The third kappa shape index (κ3) is 45.3. The van der Waals surface area contributed by atoms with E-state index in [-0.39, 0.29) is 19.1 Å². The summed E-state index contributed by atoms with van der Waals surface area (Å²) in [6, 6.07) is -0.879. The van der Waals surface area contributed by atoms with Gasteiger partial charge in [0, 0.05) is 6.42 Å². The molecule has 0 fully saturated rings. The van der Waals surface area contributed by atoms with Gasteiger partial charge in [-0.2, -0.15) is 0 Å². The molecule has 0 aromatic heterocycles. The van der Waals surface area contributed by atoms with Crippen LogP contribution in [0.15, 0.2) is 12.2 Å². The first-order valence-corrected chi connectivity index (χ1v) is 27.5. The summed E-state index contributed by atoms with van der Waals surface area (Å²) in [4.78, 5) is 25.3. The number of carbonyl (C=O) groups is 1. The van der Waals surface area contributed by atoms with E-state index >= 15 is 0 Å². The predicted molar refractivity (Wildman–Crippen MR) is 256 cm³/mol. The Kier molecular flexibility index (Phi) is 42.9. The van der Waals surface area contributed by atoms with Crippen molar-refractivity contribution in [2.24, 2.45) is 0 Å². The number of hydrogen-bond acceptors (Lipinski definition) is 6. The Balaban J connectivity index is 4.01. The number of amides is 1. The van der Waals surface area contributed by atoms with E-state index < -0.39 is 20.0 Å². The number of quaternary nitrogens is 1. The van der Waals surface area contributed by atoms with E-state index in [1.54, 1.807) is 6.08 Å². The second kappa shape index (κ2) is 43.5. The van der Waals surface area contributed by atoms with Crippen LogP contribution < -0.4 is 10.2 Å². The highest BCUT2D eigenvalue weighted by Gasteiger charge is 2.23. The Labute approximate surface area is 373 Å². The average molecular weight is 871 g/mol. The van der Waals surface area contributed by atoms with Crippen molar-refractivity contribution < 1.29 is 32.9 Å². The first-order chi connectivity index (χ1) is 29.0. The number of rotatable bonds is 48. The number of phosphoric acid groups is 1. The lowest BCUT2D eigenvalue weighted by molar-refractivity contribution is -0.870. The molecule has 0 aromatic carbocycles. The fourth-order valence-electron chi connectivity index (χ4n) is 7.86. The van der Waals surface area contributed by atoms with Crippen molar-refractivity contribution in [1.29, 1.82) is 0 Å². The molecule has 3 unspecified atom stereocenters. The highest BCUT2D eigenvalue weighted by atomic mass is 31.2. The van der Waals surface area contributed by atoms with Crippen LogP contribution >= 0.6 is 7.82 Å². The molecule has 9 heteroatoms. The van der Waals surface area contributed by atoms with Crippen molar-refractivity contribution >= 4 is 13.7 Å². The smallest absolute Gasteiger partial charge is 0.268 e. The number of aliphatic hydroxyl groups is 1. The van der Waals surface area contributed by atoms with Crippen LogP contribution in [0.3, 0.4) is 0 Å². The fraction of sp³-hybridized carbons (Fsp3) is 0.941. The maximum atomic E-state index is 12.9. The molecule has 0 aliphatic heterocycles. The van der Waals surface area contributed by atoms with E-state index in [2.05, 4.69) is 19.2 Å². The second-order valence-electron chi connectivity index (χ2n) is 19.2. The van der Waals surface area contributed by atoms with Crippen LogP contribution in [-0.2, 0) is 18.4 Å². The molecule has 0 rings (SSSR count). The van der Waals surface area contributed by atoms with E-state index in [4.69, 9.17) is 9.05 Å². The third-order valence-corrected chi connectivity index (χ3v) is 13.0. The van der Waals surface area contributed by atoms with Crippen molar-refractivity contribution in [3.8, 4) is 0 Å². The van der Waals surface area contributed by atoms with Crippen molar-refractivity contribution in [1.82, 2.24) is 5.32 Å². The lowest BCUT2D eigenvalue weighted by Crippen LogP contribution is -2.45. The predicted octanol–water partition coefficient (Wildman–Crippen LogP) is 14.5. The molecule has 0 aliphatic rings. The van der Waals surface area contributed by atoms with Gasteiger partial charge in [0.15, 0.2) is 0 Å². The molecule has 8 nitrogen and oxygen atoms in total. The number of hydrogen-bond donors (Lipinski definition) is 2. The molecule has 0 saturated carbocycles. The average Bonchev–Trinajstić information content (AvgIpc) is 3.20. The summed E-state index contributed by atoms with van der Waals surface area (Å²) in [5.41, 5.74) is 0. The normalized spacial score (nSPS) is 14.2. The van der Waals surface area contributed by atoms with Crippen molar-refractivity contribution in [3.63, 3.8) is 0 Å². The molecule has 0 saturated heterocycles. The summed E-state index contributed by atoms with van der Waals surface area (Å²) in [6.45, 7) is 4.65. The quantitative estimate of drug-likeness (QED) is 0.0273. The fourth-order valence-corrected chi connectivity index (χ4v) is 8.58. The van der Waals surface area contributed by atoms with Gasteiger partial charge >= 0.3 is 0 Å². The van der Waals surface area contributed by atoms with Crippen LogP contribution in [0.5, 0.6) is 0 Å². The summed E-state index contributed by atoms with van der Waals surface area (Å²) < 4.78 is 23.2. The summed E-state index contributed by atoms with van der Waals surface area (Å²) in [7, 11) is 1.27. The van der Waals surface area contributed by atoms with Crippen LogP contribution in [0, 0.1) is 0 Å². The summed E-state index contributed by atoms with van der Waals surface area (Å²) >= 11 is 0. The Bertz CT molecular complexity index is 989. The SMILES string of the molecule is CCCCCCCCCC/C=C/C(O)C(COP(=O)([O-])OCC[N+](C)(C)C)NC(=O)CCCCCCCCCCCCCCCCCCCCCCCCCCCCCC. The molecule has 0 bridgehead atoms. The maximum Gasteiger partial charge on any atom is 0.268 e. The molecule has 0 aromatic rings. The van der Waals surface area contributed by atoms with E-state index in [1.165, 1.54) is 199 Å². The number of unbranched alkanes of at least 4 members (excludes halogenated alkanes) is 35. The number of aliphatic hydroxyl groups excluding tert-OH is 1. The number of likely N-dealkylation sites (N-methyl/N-ethyl adjacent to an activating group) is 1. The number of carbonyl (C=O) groups excluding carboxylic acids is 1. The second-order valence-corrected chi connectivity index (χ2v) is 20.7. The van der Waals surface area contributed by atoms with Crippen LogP contribution in [0.2, 0.25) is 0 Å².